The molecular weight excluding hydrogens is 515 g/mol. The molecule has 3 aromatic rings. The fourth-order valence-corrected chi connectivity index (χ4v) is 3.88. The minimum atomic E-state index is -4.76. The Morgan fingerprint density at radius 2 is 1.56 bits per heavy atom. The van der Waals surface area contributed by atoms with Crippen molar-refractivity contribution in [2.45, 2.75) is 32.7 Å². The molecule has 0 atom stereocenters. The predicted octanol–water partition coefficient (Wildman–Crippen LogP) is 5.48. The zero-order valence-corrected chi connectivity index (χ0v) is 21.7. The van der Waals surface area contributed by atoms with Crippen LogP contribution in [0.4, 0.5) is 29.5 Å². The molecule has 2 amide bonds. The van der Waals surface area contributed by atoms with E-state index in [4.69, 9.17) is 4.74 Å². The monoisotopic (exact) mass is 543 g/mol. The van der Waals surface area contributed by atoms with Crippen molar-refractivity contribution >= 4 is 23.5 Å². The molecule has 39 heavy (non-hydrogen) atoms. The molecule has 1 aromatic heterocycles. The van der Waals surface area contributed by atoms with Crippen LogP contribution in [0.1, 0.15) is 31.1 Å². The maximum Gasteiger partial charge on any atom is 0.573 e. The van der Waals surface area contributed by atoms with E-state index in [0.29, 0.717) is 54.5 Å². The number of nitrogens with one attached hydrogen (secondary N) is 1. The fraction of sp³-hybridized carbons (Fsp3) is 0.333. The van der Waals surface area contributed by atoms with Gasteiger partial charge < -0.3 is 24.6 Å². The molecule has 0 radical (unpaired) electrons. The third kappa shape index (κ3) is 7.82. The van der Waals surface area contributed by atoms with Gasteiger partial charge in [-0.2, -0.15) is 0 Å². The van der Waals surface area contributed by atoms with Gasteiger partial charge in [0.1, 0.15) is 23.5 Å². The number of carbonyl (C=O) groups excluding carboxylic acids is 2. The molecule has 12 heteroatoms. The molecule has 9 nitrogen and oxygen atoms in total. The summed E-state index contributed by atoms with van der Waals surface area (Å²) in [4.78, 5) is 37.2. The number of hydrogen-bond donors (Lipinski definition) is 1. The Balaban J connectivity index is 1.40. The number of piperazine rings is 1. The minimum absolute atomic E-state index is 0.158. The van der Waals surface area contributed by atoms with Crippen LogP contribution in [0.5, 0.6) is 5.75 Å². The zero-order valence-electron chi connectivity index (χ0n) is 21.7. The van der Waals surface area contributed by atoms with Crippen LogP contribution >= 0.6 is 0 Å². The van der Waals surface area contributed by atoms with Gasteiger partial charge in [-0.3, -0.25) is 4.79 Å². The van der Waals surface area contributed by atoms with E-state index in [9.17, 15) is 22.8 Å². The van der Waals surface area contributed by atoms with Crippen LogP contribution in [0, 0.1) is 0 Å². The van der Waals surface area contributed by atoms with Gasteiger partial charge in [0.2, 0.25) is 0 Å². The summed E-state index contributed by atoms with van der Waals surface area (Å²) in [6, 6.07) is 14.0. The van der Waals surface area contributed by atoms with Gasteiger partial charge in [0, 0.05) is 49.1 Å². The lowest BCUT2D eigenvalue weighted by molar-refractivity contribution is -0.274. The van der Waals surface area contributed by atoms with Gasteiger partial charge in [0.05, 0.1) is 5.69 Å². The Labute approximate surface area is 223 Å². The van der Waals surface area contributed by atoms with E-state index in [-0.39, 0.29) is 11.7 Å². The second-order valence-corrected chi connectivity index (χ2v) is 9.83. The Morgan fingerprint density at radius 1 is 0.897 bits per heavy atom. The van der Waals surface area contributed by atoms with E-state index < -0.39 is 18.1 Å². The molecule has 0 saturated carbocycles. The second kappa shape index (κ2) is 11.2. The summed E-state index contributed by atoms with van der Waals surface area (Å²) in [5.41, 5.74) is 1.63. The Kier molecular flexibility index (Phi) is 7.93. The van der Waals surface area contributed by atoms with Crippen molar-refractivity contribution in [3.8, 4) is 17.0 Å². The highest BCUT2D eigenvalue weighted by molar-refractivity contribution is 5.95. The predicted molar refractivity (Wildman–Crippen MR) is 138 cm³/mol. The molecule has 1 aliphatic rings. The van der Waals surface area contributed by atoms with Gasteiger partial charge in [-0.05, 0) is 57.2 Å². The van der Waals surface area contributed by atoms with Gasteiger partial charge in [-0.15, -0.1) is 13.2 Å². The topological polar surface area (TPSA) is 96.9 Å². The number of ether oxygens (including phenoxy) is 2. The average molecular weight is 544 g/mol. The van der Waals surface area contributed by atoms with Gasteiger partial charge in [0.25, 0.3) is 5.91 Å². The maximum absolute atomic E-state index is 13.2. The Hall–Kier alpha value is -4.35. The van der Waals surface area contributed by atoms with Gasteiger partial charge in [-0.1, -0.05) is 12.1 Å². The van der Waals surface area contributed by atoms with Crippen LogP contribution < -0.4 is 10.1 Å². The number of amides is 2. The maximum atomic E-state index is 13.2. The van der Waals surface area contributed by atoms with E-state index >= 15 is 0 Å². The highest BCUT2D eigenvalue weighted by Crippen LogP contribution is 2.26. The van der Waals surface area contributed by atoms with E-state index in [1.807, 2.05) is 26.8 Å². The fourth-order valence-electron chi connectivity index (χ4n) is 3.88. The molecule has 0 unspecified atom stereocenters. The van der Waals surface area contributed by atoms with E-state index in [1.165, 1.54) is 30.6 Å². The summed E-state index contributed by atoms with van der Waals surface area (Å²) in [5, 5.41) is 3.01. The molecular formula is C27H28F3N5O4. The number of carbonyl (C=O) groups is 2. The molecule has 0 aliphatic carbocycles. The molecule has 1 N–H and O–H groups in total. The standard InChI is InChI=1S/C27H28F3N5O4/c1-26(2,3)39-25(37)35-13-11-34(12-14-35)24(36)19-6-4-5-18(15-19)22-16-23(32-17-31-22)33-20-7-9-21(10-8-20)38-27(28,29)30/h4-10,15-17H,11-14H2,1-3H3,(H,31,32,33). The smallest absolute Gasteiger partial charge is 0.444 e. The third-order valence-electron chi connectivity index (χ3n) is 5.65. The first kappa shape index (κ1) is 27.7. The minimum Gasteiger partial charge on any atom is -0.444 e. The molecule has 4 rings (SSSR count). The van der Waals surface area contributed by atoms with Crippen molar-refractivity contribution in [3.63, 3.8) is 0 Å². The quantitative estimate of drug-likeness (QED) is 0.455. The van der Waals surface area contributed by atoms with Crippen molar-refractivity contribution in [3.05, 3.63) is 66.5 Å². The molecule has 0 bridgehead atoms. The average Bonchev–Trinajstić information content (AvgIpc) is 2.88. The van der Waals surface area contributed by atoms with Crippen molar-refractivity contribution in [2.24, 2.45) is 0 Å². The number of hydrogen-bond acceptors (Lipinski definition) is 7. The Bertz CT molecular complexity index is 1320. The summed E-state index contributed by atoms with van der Waals surface area (Å²) in [6.07, 6.45) is -3.81. The summed E-state index contributed by atoms with van der Waals surface area (Å²) >= 11 is 0. The van der Waals surface area contributed by atoms with Gasteiger partial charge >= 0.3 is 12.5 Å². The second-order valence-electron chi connectivity index (χ2n) is 9.83. The van der Waals surface area contributed by atoms with E-state index in [0.717, 1.165) is 0 Å². The van der Waals surface area contributed by atoms with Crippen LogP contribution in [0.15, 0.2) is 60.9 Å². The van der Waals surface area contributed by atoms with Crippen molar-refractivity contribution in [1.82, 2.24) is 19.8 Å². The lowest BCUT2D eigenvalue weighted by atomic mass is 10.1. The number of rotatable bonds is 5. The van der Waals surface area contributed by atoms with Crippen LogP contribution in [-0.2, 0) is 4.74 Å². The first-order valence-electron chi connectivity index (χ1n) is 12.2. The number of benzene rings is 2. The molecule has 2 heterocycles. The molecule has 1 aliphatic heterocycles. The zero-order chi connectivity index (χ0) is 28.2. The number of alkyl halides is 3. The highest BCUT2D eigenvalue weighted by atomic mass is 19.4. The van der Waals surface area contributed by atoms with Crippen LogP contribution in [0.25, 0.3) is 11.3 Å². The van der Waals surface area contributed by atoms with Crippen molar-refractivity contribution in [1.29, 1.82) is 0 Å². The van der Waals surface area contributed by atoms with Crippen molar-refractivity contribution in [2.75, 3.05) is 31.5 Å². The molecule has 206 valence electrons. The lowest BCUT2D eigenvalue weighted by Gasteiger charge is -2.35. The molecule has 1 fully saturated rings. The first-order valence-corrected chi connectivity index (χ1v) is 12.2. The SMILES string of the molecule is CC(C)(C)OC(=O)N1CCN(C(=O)c2cccc(-c3cc(Nc4ccc(OC(F)(F)F)cc4)ncn3)c2)CC1. The number of anilines is 2. The van der Waals surface area contributed by atoms with Crippen molar-refractivity contribution < 1.29 is 32.2 Å². The largest absolute Gasteiger partial charge is 0.573 e. The summed E-state index contributed by atoms with van der Waals surface area (Å²) in [5.74, 6) is -0.0714. The van der Waals surface area contributed by atoms with E-state index in [2.05, 4.69) is 20.0 Å². The van der Waals surface area contributed by atoms with E-state index in [1.54, 1.807) is 34.1 Å². The van der Waals surface area contributed by atoms with Crippen LogP contribution in [0.2, 0.25) is 0 Å². The third-order valence-corrected chi connectivity index (χ3v) is 5.65. The number of nitrogens with zero attached hydrogens (tertiary/aromatic N) is 4. The highest BCUT2D eigenvalue weighted by Gasteiger charge is 2.31. The summed E-state index contributed by atoms with van der Waals surface area (Å²) in [6.45, 7) is 6.95. The van der Waals surface area contributed by atoms with Crippen LogP contribution in [-0.4, -0.2) is 69.9 Å². The first-order chi connectivity index (χ1) is 18.4. The molecule has 2 aromatic carbocycles. The normalized spacial score (nSPS) is 14.1. The van der Waals surface area contributed by atoms with Gasteiger partial charge in [0.15, 0.2) is 0 Å². The molecule has 0 spiro atoms. The Morgan fingerprint density at radius 3 is 2.21 bits per heavy atom. The molecule has 1 saturated heterocycles. The number of halogens is 3. The summed E-state index contributed by atoms with van der Waals surface area (Å²) in [7, 11) is 0. The summed E-state index contributed by atoms with van der Waals surface area (Å²) < 4.78 is 46.4. The van der Waals surface area contributed by atoms with Crippen LogP contribution in [0.3, 0.4) is 0 Å². The lowest BCUT2D eigenvalue weighted by Crippen LogP contribution is -2.51. The van der Waals surface area contributed by atoms with Gasteiger partial charge in [-0.25, -0.2) is 14.8 Å². The number of aromatic nitrogens is 2.